The molecule has 1 aromatic heterocycles. The van der Waals surface area contributed by atoms with E-state index >= 15 is 0 Å². The number of nitro groups is 2. The Morgan fingerprint density at radius 2 is 2.00 bits per heavy atom. The molecule has 8 heteroatoms. The molecule has 102 valence electrons. The molecule has 1 N–H and O–H groups in total. The monoisotopic (exact) mass is 274 g/mol. The first-order chi connectivity index (χ1) is 9.49. The Labute approximate surface area is 112 Å². The summed E-state index contributed by atoms with van der Waals surface area (Å²) in [6.45, 7) is 2.40. The Morgan fingerprint density at radius 3 is 2.65 bits per heavy atom. The van der Waals surface area contributed by atoms with Crippen LogP contribution in [0, 0.1) is 20.2 Å². The van der Waals surface area contributed by atoms with Gasteiger partial charge in [-0.3, -0.25) is 25.2 Å². The van der Waals surface area contributed by atoms with Crippen LogP contribution in [0.15, 0.2) is 17.1 Å². The van der Waals surface area contributed by atoms with Gasteiger partial charge >= 0.3 is 0 Å². The summed E-state index contributed by atoms with van der Waals surface area (Å²) in [6, 6.07) is 2.37. The van der Waals surface area contributed by atoms with Crippen molar-refractivity contribution in [2.24, 2.45) is 4.99 Å². The lowest BCUT2D eigenvalue weighted by molar-refractivity contribution is -0.393. The van der Waals surface area contributed by atoms with Gasteiger partial charge in [-0.05, 0) is 18.9 Å². The van der Waals surface area contributed by atoms with E-state index in [2.05, 4.69) is 9.98 Å². The van der Waals surface area contributed by atoms with Gasteiger partial charge in [-0.15, -0.1) is 0 Å². The first-order valence-electron chi connectivity index (χ1n) is 5.98. The molecule has 2 heterocycles. The maximum Gasteiger partial charge on any atom is 0.300 e. The minimum absolute atomic E-state index is 0.272. The van der Waals surface area contributed by atoms with Crippen molar-refractivity contribution in [2.45, 2.75) is 13.3 Å². The van der Waals surface area contributed by atoms with Crippen LogP contribution in [0.25, 0.3) is 10.9 Å². The summed E-state index contributed by atoms with van der Waals surface area (Å²) in [7, 11) is 0. The van der Waals surface area contributed by atoms with Crippen molar-refractivity contribution in [3.63, 3.8) is 0 Å². The molecular weight excluding hydrogens is 264 g/mol. The zero-order valence-electron chi connectivity index (χ0n) is 10.5. The lowest BCUT2D eigenvalue weighted by atomic mass is 10.0. The zero-order chi connectivity index (χ0) is 14.4. The Morgan fingerprint density at radius 1 is 1.25 bits per heavy atom. The van der Waals surface area contributed by atoms with Gasteiger partial charge < -0.3 is 4.98 Å². The summed E-state index contributed by atoms with van der Waals surface area (Å²) in [6.07, 6.45) is 0.616. The van der Waals surface area contributed by atoms with Crippen LogP contribution >= 0.6 is 0 Å². The minimum Gasteiger partial charge on any atom is -0.348 e. The molecule has 0 saturated carbocycles. The molecule has 0 aliphatic carbocycles. The number of hydrogen-bond acceptors (Lipinski definition) is 5. The Hall–Kier alpha value is -2.77. The second-order valence-electron chi connectivity index (χ2n) is 4.60. The first kappa shape index (κ1) is 12.3. The molecule has 0 atom stereocenters. The largest absolute Gasteiger partial charge is 0.348 e. The highest BCUT2D eigenvalue weighted by atomic mass is 16.6. The van der Waals surface area contributed by atoms with Crippen LogP contribution in [0.3, 0.4) is 0 Å². The standard InChI is InChI=1S/C12H10N4O4/c1-6-11-8(2-3-13-6)9-4-7(15(17)18)5-10(16(19)20)12(9)14-11/h4-5,14H,2-3H2,1H3. The van der Waals surface area contributed by atoms with Gasteiger partial charge in [0, 0.05) is 18.0 Å². The number of nitro benzene ring substituents is 2. The number of aliphatic imine (C=N–C) groups is 1. The average molecular weight is 274 g/mol. The third-order valence-corrected chi connectivity index (χ3v) is 3.46. The molecule has 2 aromatic rings. The minimum atomic E-state index is -0.615. The molecule has 0 bridgehead atoms. The molecule has 0 fully saturated rings. The van der Waals surface area contributed by atoms with Crippen LogP contribution in [0.1, 0.15) is 18.2 Å². The van der Waals surface area contributed by atoms with E-state index in [-0.39, 0.29) is 11.4 Å². The molecule has 0 spiro atoms. The zero-order valence-corrected chi connectivity index (χ0v) is 10.5. The lowest BCUT2D eigenvalue weighted by Crippen LogP contribution is -2.08. The molecule has 1 aromatic carbocycles. The van der Waals surface area contributed by atoms with Crippen molar-refractivity contribution in [3.05, 3.63) is 43.6 Å². The summed E-state index contributed by atoms with van der Waals surface area (Å²) in [5.74, 6) is 0. The molecule has 1 aliphatic heterocycles. The average Bonchev–Trinajstić information content (AvgIpc) is 2.77. The lowest BCUT2D eigenvalue weighted by Gasteiger charge is -2.08. The number of aromatic amines is 1. The van der Waals surface area contributed by atoms with E-state index < -0.39 is 9.85 Å². The first-order valence-corrected chi connectivity index (χ1v) is 5.98. The van der Waals surface area contributed by atoms with Gasteiger partial charge in [-0.25, -0.2) is 0 Å². The van der Waals surface area contributed by atoms with Gasteiger partial charge in [0.1, 0.15) is 5.52 Å². The highest BCUT2D eigenvalue weighted by Gasteiger charge is 2.26. The van der Waals surface area contributed by atoms with Crippen molar-refractivity contribution < 1.29 is 9.85 Å². The maximum absolute atomic E-state index is 11.1. The van der Waals surface area contributed by atoms with Crippen LogP contribution in [-0.2, 0) is 6.42 Å². The maximum atomic E-state index is 11.1. The van der Waals surface area contributed by atoms with Gasteiger partial charge in [0.15, 0.2) is 0 Å². The van der Waals surface area contributed by atoms with Gasteiger partial charge in [0.25, 0.3) is 11.4 Å². The number of rotatable bonds is 2. The molecule has 20 heavy (non-hydrogen) atoms. The van der Waals surface area contributed by atoms with Crippen LogP contribution in [0.4, 0.5) is 11.4 Å². The summed E-state index contributed by atoms with van der Waals surface area (Å²) in [4.78, 5) is 28.1. The number of nitrogens with zero attached hydrogens (tertiary/aromatic N) is 3. The fourth-order valence-corrected chi connectivity index (χ4v) is 2.55. The molecule has 0 unspecified atom stereocenters. The van der Waals surface area contributed by atoms with Crippen LogP contribution in [0.2, 0.25) is 0 Å². The molecular formula is C12H10N4O4. The van der Waals surface area contributed by atoms with Crippen molar-refractivity contribution >= 4 is 28.0 Å². The second kappa shape index (κ2) is 4.12. The van der Waals surface area contributed by atoms with E-state index in [4.69, 9.17) is 0 Å². The van der Waals surface area contributed by atoms with Gasteiger partial charge in [0.2, 0.25) is 0 Å². The third kappa shape index (κ3) is 1.65. The van der Waals surface area contributed by atoms with Gasteiger partial charge in [-0.1, -0.05) is 0 Å². The second-order valence-corrected chi connectivity index (χ2v) is 4.60. The third-order valence-electron chi connectivity index (χ3n) is 3.46. The fourth-order valence-electron chi connectivity index (χ4n) is 2.55. The van der Waals surface area contributed by atoms with Crippen molar-refractivity contribution in [2.75, 3.05) is 6.54 Å². The van der Waals surface area contributed by atoms with Crippen LogP contribution < -0.4 is 0 Å². The Balaban J connectivity index is 2.41. The van der Waals surface area contributed by atoms with E-state index in [0.717, 1.165) is 23.0 Å². The van der Waals surface area contributed by atoms with Crippen molar-refractivity contribution in [1.82, 2.24) is 4.98 Å². The highest BCUT2D eigenvalue weighted by molar-refractivity contribution is 6.07. The van der Waals surface area contributed by atoms with Gasteiger partial charge in [-0.2, -0.15) is 0 Å². The number of aromatic nitrogens is 1. The number of non-ortho nitro benzene ring substituents is 2. The summed E-state index contributed by atoms with van der Waals surface area (Å²) >= 11 is 0. The van der Waals surface area contributed by atoms with Crippen LogP contribution in [0.5, 0.6) is 0 Å². The summed E-state index contributed by atoms with van der Waals surface area (Å²) < 4.78 is 0. The van der Waals surface area contributed by atoms with E-state index in [1.807, 2.05) is 6.92 Å². The fraction of sp³-hybridized carbons (Fsp3) is 0.250. The molecule has 3 rings (SSSR count). The Bertz CT molecular complexity index is 790. The quantitative estimate of drug-likeness (QED) is 0.668. The van der Waals surface area contributed by atoms with Gasteiger partial charge in [0.05, 0.1) is 27.3 Å². The van der Waals surface area contributed by atoms with Crippen molar-refractivity contribution in [3.8, 4) is 0 Å². The molecule has 0 amide bonds. The normalized spacial score (nSPS) is 13.9. The van der Waals surface area contributed by atoms with E-state index in [1.54, 1.807) is 0 Å². The number of hydrogen-bond donors (Lipinski definition) is 1. The summed E-state index contributed by atoms with van der Waals surface area (Å²) in [5.41, 5.74) is 2.12. The van der Waals surface area contributed by atoms with E-state index in [9.17, 15) is 20.2 Å². The number of nitrogens with one attached hydrogen (secondary N) is 1. The number of fused-ring (bicyclic) bond motifs is 3. The topological polar surface area (TPSA) is 114 Å². The predicted octanol–water partition coefficient (Wildman–Crippen LogP) is 2.35. The predicted molar refractivity (Wildman–Crippen MR) is 72.4 cm³/mol. The Kier molecular flexibility index (Phi) is 2.53. The van der Waals surface area contributed by atoms with E-state index in [1.165, 1.54) is 6.07 Å². The summed E-state index contributed by atoms with van der Waals surface area (Å²) in [5, 5.41) is 22.6. The van der Waals surface area contributed by atoms with E-state index in [0.29, 0.717) is 23.9 Å². The molecule has 0 radical (unpaired) electrons. The van der Waals surface area contributed by atoms with Crippen molar-refractivity contribution in [1.29, 1.82) is 0 Å². The SMILES string of the molecule is CC1=NCCc2c1[nH]c1c([N+](=O)[O-])cc([N+](=O)[O-])cc21. The van der Waals surface area contributed by atoms with Crippen LogP contribution in [-0.4, -0.2) is 27.1 Å². The molecule has 0 saturated heterocycles. The molecule has 8 nitrogen and oxygen atoms in total. The highest BCUT2D eigenvalue weighted by Crippen LogP contribution is 2.35. The molecule has 1 aliphatic rings. The smallest absolute Gasteiger partial charge is 0.300 e. The number of H-pyrrole nitrogens is 1. The number of benzene rings is 1.